The van der Waals surface area contributed by atoms with Crippen LogP contribution in [0.3, 0.4) is 0 Å². The molecule has 0 saturated carbocycles. The van der Waals surface area contributed by atoms with Gasteiger partial charge in [-0.05, 0) is 37.8 Å². The first-order valence-corrected chi connectivity index (χ1v) is 8.29. The molecule has 1 aromatic rings. The van der Waals surface area contributed by atoms with Crippen LogP contribution in [-0.4, -0.2) is 43.3 Å². The molecule has 112 valence electrons. The molecular weight excluding hydrogens is 272 g/mol. The second kappa shape index (κ2) is 7.64. The monoisotopic (exact) mass is 296 g/mol. The zero-order valence-corrected chi connectivity index (χ0v) is 13.1. The first-order chi connectivity index (χ1) is 9.72. The van der Waals surface area contributed by atoms with Gasteiger partial charge in [0.05, 0.1) is 6.61 Å². The van der Waals surface area contributed by atoms with E-state index >= 15 is 0 Å². The Hall–Kier alpha value is -1.07. The van der Waals surface area contributed by atoms with Crippen molar-refractivity contribution in [3.05, 3.63) is 22.4 Å². The standard InChI is InChI=1S/C15H24N2O2S/c1-3-7-17-10-12(14-6-5-8-20-14)9-13(11-17)16-15(18)19-4-2/h5-6,8,12-13H,3-4,7,9-11H2,1-2H3,(H,16,18). The number of amides is 1. The first-order valence-electron chi connectivity index (χ1n) is 7.42. The van der Waals surface area contributed by atoms with Crippen molar-refractivity contribution in [2.24, 2.45) is 0 Å². The highest BCUT2D eigenvalue weighted by Crippen LogP contribution is 2.30. The molecule has 20 heavy (non-hydrogen) atoms. The average Bonchev–Trinajstić information content (AvgIpc) is 2.93. The molecular formula is C15H24N2O2S. The van der Waals surface area contributed by atoms with Gasteiger partial charge in [-0.1, -0.05) is 13.0 Å². The van der Waals surface area contributed by atoms with Crippen molar-refractivity contribution in [2.75, 3.05) is 26.2 Å². The molecule has 1 N–H and O–H groups in total. The van der Waals surface area contributed by atoms with Crippen molar-refractivity contribution in [1.29, 1.82) is 0 Å². The van der Waals surface area contributed by atoms with Crippen LogP contribution in [0.15, 0.2) is 17.5 Å². The number of hydrogen-bond donors (Lipinski definition) is 1. The highest BCUT2D eigenvalue weighted by atomic mass is 32.1. The number of piperidine rings is 1. The summed E-state index contributed by atoms with van der Waals surface area (Å²) in [6.07, 6.45) is 1.85. The smallest absolute Gasteiger partial charge is 0.407 e. The van der Waals surface area contributed by atoms with E-state index in [9.17, 15) is 4.79 Å². The maximum absolute atomic E-state index is 11.6. The summed E-state index contributed by atoms with van der Waals surface area (Å²) in [7, 11) is 0. The van der Waals surface area contributed by atoms with E-state index in [1.165, 1.54) is 4.88 Å². The molecule has 5 heteroatoms. The lowest BCUT2D eigenvalue weighted by Gasteiger charge is -2.37. The van der Waals surface area contributed by atoms with Crippen molar-refractivity contribution >= 4 is 17.4 Å². The minimum atomic E-state index is -0.291. The molecule has 2 heterocycles. The molecule has 4 nitrogen and oxygen atoms in total. The van der Waals surface area contributed by atoms with Gasteiger partial charge in [-0.25, -0.2) is 4.79 Å². The van der Waals surface area contributed by atoms with Crippen LogP contribution in [0.1, 0.15) is 37.5 Å². The number of ether oxygens (including phenoxy) is 1. The minimum Gasteiger partial charge on any atom is -0.450 e. The zero-order valence-electron chi connectivity index (χ0n) is 12.3. The van der Waals surface area contributed by atoms with Gasteiger partial charge in [0.1, 0.15) is 0 Å². The van der Waals surface area contributed by atoms with E-state index in [1.54, 1.807) is 0 Å². The topological polar surface area (TPSA) is 41.6 Å². The maximum atomic E-state index is 11.6. The number of alkyl carbamates (subject to hydrolysis) is 1. The molecule has 1 saturated heterocycles. The number of thiophene rings is 1. The van der Waals surface area contributed by atoms with Crippen molar-refractivity contribution in [3.63, 3.8) is 0 Å². The van der Waals surface area contributed by atoms with E-state index in [4.69, 9.17) is 4.74 Å². The maximum Gasteiger partial charge on any atom is 0.407 e. The number of carbonyl (C=O) groups excluding carboxylic acids is 1. The van der Waals surface area contributed by atoms with Gasteiger partial charge >= 0.3 is 6.09 Å². The Bertz CT molecular complexity index is 408. The fourth-order valence-corrected chi connectivity index (χ4v) is 3.70. The summed E-state index contributed by atoms with van der Waals surface area (Å²) in [5.74, 6) is 0.516. The molecule has 0 spiro atoms. The van der Waals surface area contributed by atoms with Crippen molar-refractivity contribution < 1.29 is 9.53 Å². The zero-order chi connectivity index (χ0) is 14.4. The summed E-state index contributed by atoms with van der Waals surface area (Å²) >= 11 is 1.81. The second-order valence-corrected chi connectivity index (χ2v) is 6.25. The van der Waals surface area contributed by atoms with E-state index in [-0.39, 0.29) is 12.1 Å². The Morgan fingerprint density at radius 3 is 3.00 bits per heavy atom. The lowest BCUT2D eigenvalue weighted by molar-refractivity contribution is 0.129. The van der Waals surface area contributed by atoms with Crippen LogP contribution in [0, 0.1) is 0 Å². The van der Waals surface area contributed by atoms with Crippen LogP contribution in [0.2, 0.25) is 0 Å². The molecule has 0 aliphatic carbocycles. The first kappa shape index (κ1) is 15.3. The van der Waals surface area contributed by atoms with Crippen LogP contribution in [-0.2, 0) is 4.74 Å². The Balaban J connectivity index is 1.99. The SMILES string of the molecule is CCCN1CC(NC(=O)OCC)CC(c2cccs2)C1. The van der Waals surface area contributed by atoms with E-state index in [2.05, 4.69) is 34.7 Å². The third kappa shape index (κ3) is 4.21. The lowest BCUT2D eigenvalue weighted by atomic mass is 9.93. The predicted octanol–water partition coefficient (Wildman–Crippen LogP) is 3.06. The van der Waals surface area contributed by atoms with Crippen LogP contribution in [0.5, 0.6) is 0 Å². The van der Waals surface area contributed by atoms with Crippen LogP contribution in [0.4, 0.5) is 4.79 Å². The van der Waals surface area contributed by atoms with Crippen LogP contribution >= 0.6 is 11.3 Å². The fourth-order valence-electron chi connectivity index (χ4n) is 2.86. The Labute approximate surface area is 125 Å². The van der Waals surface area contributed by atoms with Gasteiger partial charge < -0.3 is 15.0 Å². The molecule has 0 aromatic carbocycles. The van der Waals surface area contributed by atoms with Crippen LogP contribution < -0.4 is 5.32 Å². The van der Waals surface area contributed by atoms with Gasteiger partial charge in [-0.2, -0.15) is 0 Å². The summed E-state index contributed by atoms with van der Waals surface area (Å²) in [4.78, 5) is 15.5. The highest BCUT2D eigenvalue weighted by Gasteiger charge is 2.29. The Morgan fingerprint density at radius 2 is 2.35 bits per heavy atom. The molecule has 1 aliphatic heterocycles. The average molecular weight is 296 g/mol. The molecule has 2 rings (SSSR count). The summed E-state index contributed by atoms with van der Waals surface area (Å²) in [5.41, 5.74) is 0. The Morgan fingerprint density at radius 1 is 1.50 bits per heavy atom. The van der Waals surface area contributed by atoms with E-state index in [0.29, 0.717) is 12.5 Å². The van der Waals surface area contributed by atoms with Crippen molar-refractivity contribution in [3.8, 4) is 0 Å². The molecule has 1 amide bonds. The summed E-state index contributed by atoms with van der Waals surface area (Å²) < 4.78 is 5.00. The molecule has 0 bridgehead atoms. The number of hydrogen-bond acceptors (Lipinski definition) is 4. The lowest BCUT2D eigenvalue weighted by Crippen LogP contribution is -2.50. The summed E-state index contributed by atoms with van der Waals surface area (Å²) in [6.45, 7) is 7.55. The normalized spacial score (nSPS) is 23.5. The van der Waals surface area contributed by atoms with Gasteiger partial charge in [0.2, 0.25) is 0 Å². The quantitative estimate of drug-likeness (QED) is 0.908. The second-order valence-electron chi connectivity index (χ2n) is 5.27. The predicted molar refractivity (Wildman–Crippen MR) is 82.4 cm³/mol. The van der Waals surface area contributed by atoms with Gasteiger partial charge in [0, 0.05) is 29.9 Å². The molecule has 2 unspecified atom stereocenters. The number of carbonyl (C=O) groups is 1. The van der Waals surface area contributed by atoms with Crippen molar-refractivity contribution in [1.82, 2.24) is 10.2 Å². The minimum absolute atomic E-state index is 0.182. The van der Waals surface area contributed by atoms with Gasteiger partial charge in [-0.15, -0.1) is 11.3 Å². The van der Waals surface area contributed by atoms with E-state index in [0.717, 1.165) is 32.5 Å². The van der Waals surface area contributed by atoms with Gasteiger partial charge in [0.15, 0.2) is 0 Å². The summed E-state index contributed by atoms with van der Waals surface area (Å²) in [5, 5.41) is 5.13. The van der Waals surface area contributed by atoms with Gasteiger partial charge in [0.25, 0.3) is 0 Å². The molecule has 0 radical (unpaired) electrons. The van der Waals surface area contributed by atoms with E-state index < -0.39 is 0 Å². The van der Waals surface area contributed by atoms with E-state index in [1.807, 2.05) is 18.3 Å². The fraction of sp³-hybridized carbons (Fsp3) is 0.667. The summed E-state index contributed by atoms with van der Waals surface area (Å²) in [6, 6.07) is 4.49. The number of nitrogens with one attached hydrogen (secondary N) is 1. The van der Waals surface area contributed by atoms with Crippen LogP contribution in [0.25, 0.3) is 0 Å². The number of rotatable bonds is 5. The largest absolute Gasteiger partial charge is 0.450 e. The molecule has 2 atom stereocenters. The highest BCUT2D eigenvalue weighted by molar-refractivity contribution is 7.10. The van der Waals surface area contributed by atoms with Crippen molar-refractivity contribution in [2.45, 2.75) is 38.6 Å². The number of nitrogens with zero attached hydrogens (tertiary/aromatic N) is 1. The third-order valence-corrected chi connectivity index (χ3v) is 4.64. The Kier molecular flexibility index (Phi) is 5.86. The molecule has 1 aromatic heterocycles. The third-order valence-electron chi connectivity index (χ3n) is 3.61. The van der Waals surface area contributed by atoms with Gasteiger partial charge in [-0.3, -0.25) is 0 Å². The number of likely N-dealkylation sites (tertiary alicyclic amines) is 1. The molecule has 1 fully saturated rings. The molecule has 1 aliphatic rings.